The van der Waals surface area contributed by atoms with Crippen LogP contribution in [-0.4, -0.2) is 12.9 Å². The van der Waals surface area contributed by atoms with Crippen LogP contribution in [0.4, 0.5) is 8.78 Å². The maximum absolute atomic E-state index is 14.0. The first kappa shape index (κ1) is 14.0. The third kappa shape index (κ3) is 2.94. The van der Waals surface area contributed by atoms with Gasteiger partial charge in [-0.2, -0.15) is 4.39 Å². The molecule has 1 aliphatic rings. The Morgan fingerprint density at radius 3 is 2.47 bits per heavy atom. The summed E-state index contributed by atoms with van der Waals surface area (Å²) in [5, 5.41) is 0. The molecule has 2 rings (SSSR count). The van der Waals surface area contributed by atoms with Gasteiger partial charge in [0.05, 0.1) is 6.61 Å². The molecule has 4 heteroatoms. The van der Waals surface area contributed by atoms with E-state index in [2.05, 4.69) is 0 Å². The average molecular weight is 268 g/mol. The Morgan fingerprint density at radius 1 is 1.21 bits per heavy atom. The first-order valence-corrected chi connectivity index (χ1v) is 6.73. The first-order valence-electron chi connectivity index (χ1n) is 6.73. The summed E-state index contributed by atoms with van der Waals surface area (Å²) in [6.07, 6.45) is 3.93. The molecule has 1 saturated carbocycles. The van der Waals surface area contributed by atoms with Crippen molar-refractivity contribution in [3.63, 3.8) is 0 Å². The molecule has 0 spiro atoms. The Kier molecular flexibility index (Phi) is 4.51. The van der Waals surface area contributed by atoms with Gasteiger partial charge in [-0.3, -0.25) is 0 Å². The van der Waals surface area contributed by atoms with Crippen molar-refractivity contribution in [3.05, 3.63) is 29.3 Å². The summed E-state index contributed by atoms with van der Waals surface area (Å²) in [5.74, 6) is -1.67. The van der Waals surface area contributed by atoms with E-state index in [9.17, 15) is 13.6 Å². The van der Waals surface area contributed by atoms with Crippen molar-refractivity contribution in [3.8, 4) is 5.75 Å². The molecule has 1 aromatic rings. The summed E-state index contributed by atoms with van der Waals surface area (Å²) < 4.78 is 32.8. The second-order valence-corrected chi connectivity index (χ2v) is 4.96. The maximum Gasteiger partial charge on any atom is 0.200 e. The van der Waals surface area contributed by atoms with Crippen LogP contribution in [0.15, 0.2) is 12.1 Å². The van der Waals surface area contributed by atoms with Crippen LogP contribution in [-0.2, 0) is 4.79 Å². The van der Waals surface area contributed by atoms with Crippen molar-refractivity contribution in [2.45, 2.75) is 38.5 Å². The molecule has 0 atom stereocenters. The van der Waals surface area contributed by atoms with Gasteiger partial charge in [-0.1, -0.05) is 6.07 Å². The van der Waals surface area contributed by atoms with Crippen molar-refractivity contribution in [2.24, 2.45) is 5.92 Å². The van der Waals surface area contributed by atoms with Crippen molar-refractivity contribution in [2.75, 3.05) is 6.61 Å². The van der Waals surface area contributed by atoms with Crippen LogP contribution in [0.25, 0.3) is 0 Å². The number of hydrogen-bond acceptors (Lipinski definition) is 2. The second-order valence-electron chi connectivity index (χ2n) is 4.96. The molecule has 0 radical (unpaired) electrons. The van der Waals surface area contributed by atoms with Crippen LogP contribution in [0.1, 0.15) is 44.1 Å². The van der Waals surface area contributed by atoms with Gasteiger partial charge in [0.1, 0.15) is 6.29 Å². The van der Waals surface area contributed by atoms with Gasteiger partial charge >= 0.3 is 0 Å². The van der Waals surface area contributed by atoms with E-state index >= 15 is 0 Å². The molecule has 2 nitrogen and oxygen atoms in total. The van der Waals surface area contributed by atoms with E-state index in [1.54, 1.807) is 13.0 Å². The normalized spacial score (nSPS) is 23.1. The van der Waals surface area contributed by atoms with Gasteiger partial charge < -0.3 is 9.53 Å². The maximum atomic E-state index is 14.0. The summed E-state index contributed by atoms with van der Waals surface area (Å²) in [6, 6.07) is 3.10. The zero-order valence-corrected chi connectivity index (χ0v) is 11.0. The first-order chi connectivity index (χ1) is 9.17. The molecule has 0 amide bonds. The van der Waals surface area contributed by atoms with Gasteiger partial charge in [0.2, 0.25) is 5.82 Å². The number of aldehydes is 1. The number of hydrogen-bond donors (Lipinski definition) is 0. The standard InChI is InChI=1S/C15H18F2O2/c1-2-19-13-8-7-12(14(16)15(13)17)11-5-3-10(9-18)4-6-11/h7-11H,2-6H2,1H3. The molecule has 0 heterocycles. The molecule has 0 N–H and O–H groups in total. The number of rotatable bonds is 4. The van der Waals surface area contributed by atoms with Crippen LogP contribution in [0.3, 0.4) is 0 Å². The number of carbonyl (C=O) groups excluding carboxylic acids is 1. The number of halogens is 2. The summed E-state index contributed by atoms with van der Waals surface area (Å²) in [7, 11) is 0. The van der Waals surface area contributed by atoms with Crippen molar-refractivity contribution in [1.82, 2.24) is 0 Å². The highest BCUT2D eigenvalue weighted by Crippen LogP contribution is 2.38. The quantitative estimate of drug-likeness (QED) is 0.776. The molecule has 1 fully saturated rings. The fraction of sp³-hybridized carbons (Fsp3) is 0.533. The molecule has 0 unspecified atom stereocenters. The molecule has 0 aromatic heterocycles. The molecule has 0 bridgehead atoms. The fourth-order valence-electron chi connectivity index (χ4n) is 2.70. The zero-order chi connectivity index (χ0) is 13.8. The topological polar surface area (TPSA) is 26.3 Å². The van der Waals surface area contributed by atoms with E-state index in [0.717, 1.165) is 32.0 Å². The lowest BCUT2D eigenvalue weighted by Gasteiger charge is -2.26. The van der Waals surface area contributed by atoms with Gasteiger partial charge in [-0.25, -0.2) is 4.39 Å². The molecular formula is C15H18F2O2. The largest absolute Gasteiger partial charge is 0.491 e. The smallest absolute Gasteiger partial charge is 0.200 e. The molecular weight excluding hydrogens is 250 g/mol. The fourth-order valence-corrected chi connectivity index (χ4v) is 2.70. The third-order valence-corrected chi connectivity index (χ3v) is 3.78. The highest BCUT2D eigenvalue weighted by atomic mass is 19.2. The van der Waals surface area contributed by atoms with Gasteiger partial charge in [0.15, 0.2) is 11.6 Å². The number of ether oxygens (including phenoxy) is 1. The number of carbonyl (C=O) groups is 1. The molecule has 0 saturated heterocycles. The minimum absolute atomic E-state index is 0.00127. The highest BCUT2D eigenvalue weighted by molar-refractivity contribution is 5.53. The SMILES string of the molecule is CCOc1ccc(C2CCC(C=O)CC2)c(F)c1F. The Balaban J connectivity index is 2.17. The lowest BCUT2D eigenvalue weighted by Crippen LogP contribution is -2.15. The van der Waals surface area contributed by atoms with Crippen LogP contribution in [0.2, 0.25) is 0 Å². The Morgan fingerprint density at radius 2 is 1.89 bits per heavy atom. The van der Waals surface area contributed by atoms with E-state index in [4.69, 9.17) is 4.74 Å². The summed E-state index contributed by atoms with van der Waals surface area (Å²) in [6.45, 7) is 2.03. The van der Waals surface area contributed by atoms with Crippen molar-refractivity contribution < 1.29 is 18.3 Å². The number of benzene rings is 1. The molecule has 1 aromatic carbocycles. The van der Waals surface area contributed by atoms with Gasteiger partial charge in [0.25, 0.3) is 0 Å². The van der Waals surface area contributed by atoms with Crippen molar-refractivity contribution >= 4 is 6.29 Å². The van der Waals surface area contributed by atoms with E-state index in [1.807, 2.05) is 0 Å². The highest BCUT2D eigenvalue weighted by Gasteiger charge is 2.26. The van der Waals surface area contributed by atoms with Gasteiger partial charge in [-0.15, -0.1) is 0 Å². The van der Waals surface area contributed by atoms with E-state index in [0.29, 0.717) is 12.2 Å². The van der Waals surface area contributed by atoms with E-state index < -0.39 is 11.6 Å². The van der Waals surface area contributed by atoms with Crippen LogP contribution < -0.4 is 4.74 Å². The molecule has 0 aliphatic heterocycles. The minimum atomic E-state index is -0.906. The lowest BCUT2D eigenvalue weighted by atomic mass is 9.79. The predicted molar refractivity (Wildman–Crippen MR) is 68.3 cm³/mol. The third-order valence-electron chi connectivity index (χ3n) is 3.78. The Labute approximate surface area is 111 Å². The van der Waals surface area contributed by atoms with Crippen LogP contribution >= 0.6 is 0 Å². The minimum Gasteiger partial charge on any atom is -0.491 e. The van der Waals surface area contributed by atoms with Crippen LogP contribution in [0.5, 0.6) is 5.75 Å². The Hall–Kier alpha value is -1.45. The molecule has 19 heavy (non-hydrogen) atoms. The monoisotopic (exact) mass is 268 g/mol. The zero-order valence-electron chi connectivity index (χ0n) is 11.0. The molecule has 1 aliphatic carbocycles. The van der Waals surface area contributed by atoms with Gasteiger partial charge in [-0.05, 0) is 50.2 Å². The van der Waals surface area contributed by atoms with Gasteiger partial charge in [0, 0.05) is 5.92 Å². The molecule has 104 valence electrons. The summed E-state index contributed by atoms with van der Waals surface area (Å²) in [5.41, 5.74) is 0.408. The lowest BCUT2D eigenvalue weighted by molar-refractivity contribution is -0.111. The average Bonchev–Trinajstić information content (AvgIpc) is 2.45. The van der Waals surface area contributed by atoms with Crippen LogP contribution in [0, 0.1) is 17.6 Å². The predicted octanol–water partition coefficient (Wildman–Crippen LogP) is 3.84. The van der Waals surface area contributed by atoms with Crippen molar-refractivity contribution in [1.29, 1.82) is 0 Å². The van der Waals surface area contributed by atoms with E-state index in [1.165, 1.54) is 6.07 Å². The summed E-state index contributed by atoms with van der Waals surface area (Å²) in [4.78, 5) is 10.7. The van der Waals surface area contributed by atoms with E-state index in [-0.39, 0.29) is 17.6 Å². The summed E-state index contributed by atoms with van der Waals surface area (Å²) >= 11 is 0. The second kappa shape index (κ2) is 6.13. The Bertz CT molecular complexity index is 452.